The van der Waals surface area contributed by atoms with E-state index in [0.717, 1.165) is 25.7 Å². The first-order valence-corrected chi connectivity index (χ1v) is 8.73. The fraction of sp³-hybridized carbons (Fsp3) is 0.818. The Morgan fingerprint density at radius 3 is 2.11 bits per heavy atom. The van der Waals surface area contributed by atoms with E-state index in [9.17, 15) is 8.42 Å². The molecule has 0 radical (unpaired) electrons. The summed E-state index contributed by atoms with van der Waals surface area (Å²) in [6.07, 6.45) is 3.63. The topological polar surface area (TPSA) is 68.1 Å². The third kappa shape index (κ3) is 4.00. The molecule has 110 valence electrons. The van der Waals surface area contributed by atoms with Gasteiger partial charge in [0.1, 0.15) is 0 Å². The first-order chi connectivity index (χ1) is 8.95. The van der Waals surface area contributed by atoms with Crippen LogP contribution in [0.2, 0.25) is 0 Å². The predicted molar refractivity (Wildman–Crippen MR) is 77.3 cm³/mol. The lowest BCUT2D eigenvalue weighted by Gasteiger charge is -2.21. The summed E-state index contributed by atoms with van der Waals surface area (Å²) in [5, 5.41) is 7.61. The fourth-order valence-corrected chi connectivity index (χ4v) is 4.29. The minimum Gasteiger partial charge on any atom is -0.235 e. The van der Waals surface area contributed by atoms with Gasteiger partial charge in [-0.3, -0.25) is 0 Å². The molecule has 0 bridgehead atoms. The molecule has 1 aromatic rings. The van der Waals surface area contributed by atoms with Gasteiger partial charge in [0.05, 0.1) is 0 Å². The molecule has 0 saturated carbocycles. The van der Waals surface area contributed by atoms with Crippen LogP contribution in [0, 0.1) is 0 Å². The highest BCUT2D eigenvalue weighted by Crippen LogP contribution is 2.22. The molecule has 0 aliphatic rings. The molecule has 0 spiro atoms. The van der Waals surface area contributed by atoms with E-state index in [0.29, 0.717) is 13.1 Å². The minimum atomic E-state index is -3.54. The van der Waals surface area contributed by atoms with Crippen LogP contribution in [-0.4, -0.2) is 40.8 Å². The van der Waals surface area contributed by atoms with Crippen LogP contribution in [0.1, 0.15) is 39.5 Å². The van der Waals surface area contributed by atoms with Crippen LogP contribution >= 0.6 is 15.9 Å². The number of halogens is 1. The molecule has 0 atom stereocenters. The Morgan fingerprint density at radius 1 is 1.21 bits per heavy atom. The summed E-state index contributed by atoms with van der Waals surface area (Å²) in [4.78, 5) is 0. The van der Waals surface area contributed by atoms with Crippen molar-refractivity contribution >= 4 is 26.0 Å². The van der Waals surface area contributed by atoms with Gasteiger partial charge in [-0.15, -0.1) is 5.10 Å². The van der Waals surface area contributed by atoms with Crippen molar-refractivity contribution in [1.82, 2.24) is 19.3 Å². The van der Waals surface area contributed by atoms with Crippen molar-refractivity contribution in [1.29, 1.82) is 0 Å². The Hall–Kier alpha value is -0.470. The van der Waals surface area contributed by atoms with Crippen LogP contribution < -0.4 is 0 Å². The highest BCUT2D eigenvalue weighted by Gasteiger charge is 2.30. The monoisotopic (exact) mass is 352 g/mol. The van der Waals surface area contributed by atoms with Crippen molar-refractivity contribution in [2.45, 2.75) is 44.6 Å². The lowest BCUT2D eigenvalue weighted by atomic mass is 10.3. The zero-order chi connectivity index (χ0) is 14.5. The largest absolute Gasteiger partial charge is 0.263 e. The zero-order valence-electron chi connectivity index (χ0n) is 11.6. The molecule has 1 heterocycles. The molecule has 1 rings (SSSR count). The van der Waals surface area contributed by atoms with E-state index in [1.54, 1.807) is 7.05 Å². The van der Waals surface area contributed by atoms with Gasteiger partial charge >= 0.3 is 0 Å². The van der Waals surface area contributed by atoms with Crippen molar-refractivity contribution in [3.63, 3.8) is 0 Å². The van der Waals surface area contributed by atoms with Gasteiger partial charge in [-0.05, 0) is 28.8 Å². The maximum Gasteiger partial charge on any atom is 0.263 e. The van der Waals surface area contributed by atoms with Gasteiger partial charge in [-0.25, -0.2) is 13.1 Å². The average Bonchev–Trinajstić information content (AvgIpc) is 2.69. The predicted octanol–water partition coefficient (Wildman–Crippen LogP) is 2.17. The number of aromatic nitrogens is 3. The molecule has 6 nitrogen and oxygen atoms in total. The standard InChI is InChI=1S/C11H21BrN4O2S/c1-4-6-8-16(9-7-5-2)19(17,18)11-10(12)13-14-15(11)3/h4-9H2,1-3H3. The number of nitrogens with zero attached hydrogens (tertiary/aromatic N) is 4. The summed E-state index contributed by atoms with van der Waals surface area (Å²) in [5.74, 6) is 0. The van der Waals surface area contributed by atoms with Crippen LogP contribution in [0.25, 0.3) is 0 Å². The summed E-state index contributed by atoms with van der Waals surface area (Å²) in [5.41, 5.74) is 0. The van der Waals surface area contributed by atoms with E-state index in [-0.39, 0.29) is 9.63 Å². The average molecular weight is 353 g/mol. The van der Waals surface area contributed by atoms with Crippen molar-refractivity contribution in [3.05, 3.63) is 4.60 Å². The molecule has 8 heteroatoms. The summed E-state index contributed by atoms with van der Waals surface area (Å²) in [7, 11) is -1.95. The van der Waals surface area contributed by atoms with Gasteiger partial charge in [0, 0.05) is 20.1 Å². The van der Waals surface area contributed by atoms with Crippen LogP contribution in [0.4, 0.5) is 0 Å². The molecule has 0 aromatic carbocycles. The molecule has 0 aliphatic heterocycles. The number of unbranched alkanes of at least 4 members (excludes halogenated alkanes) is 2. The first-order valence-electron chi connectivity index (χ1n) is 6.50. The second kappa shape index (κ2) is 7.35. The van der Waals surface area contributed by atoms with E-state index < -0.39 is 10.0 Å². The van der Waals surface area contributed by atoms with E-state index in [2.05, 4.69) is 26.2 Å². The number of sulfonamides is 1. The Morgan fingerprint density at radius 2 is 1.74 bits per heavy atom. The van der Waals surface area contributed by atoms with Gasteiger partial charge in [0.25, 0.3) is 10.0 Å². The lowest BCUT2D eigenvalue weighted by molar-refractivity contribution is 0.390. The van der Waals surface area contributed by atoms with Crippen molar-refractivity contribution < 1.29 is 8.42 Å². The van der Waals surface area contributed by atoms with Gasteiger partial charge in [-0.2, -0.15) is 4.31 Å². The quantitative estimate of drug-likeness (QED) is 0.718. The Kier molecular flexibility index (Phi) is 6.41. The third-order valence-corrected chi connectivity index (χ3v) is 5.63. The normalized spacial score (nSPS) is 12.3. The van der Waals surface area contributed by atoms with Crippen molar-refractivity contribution in [2.75, 3.05) is 13.1 Å². The van der Waals surface area contributed by atoms with Gasteiger partial charge in [-0.1, -0.05) is 31.9 Å². The summed E-state index contributed by atoms with van der Waals surface area (Å²) in [6, 6.07) is 0. The summed E-state index contributed by atoms with van der Waals surface area (Å²) >= 11 is 3.16. The number of rotatable bonds is 8. The van der Waals surface area contributed by atoms with Crippen molar-refractivity contribution in [2.24, 2.45) is 7.05 Å². The van der Waals surface area contributed by atoms with Crippen LogP contribution in [-0.2, 0) is 17.1 Å². The molecule has 19 heavy (non-hydrogen) atoms. The second-order valence-electron chi connectivity index (χ2n) is 4.42. The molecule has 0 unspecified atom stereocenters. The molecule has 0 N–H and O–H groups in total. The van der Waals surface area contributed by atoms with E-state index in [4.69, 9.17) is 0 Å². The SMILES string of the molecule is CCCCN(CCCC)S(=O)(=O)c1c(Br)nnn1C. The van der Waals surface area contributed by atoms with E-state index >= 15 is 0 Å². The Balaban J connectivity index is 3.04. The maximum atomic E-state index is 12.6. The van der Waals surface area contributed by atoms with Crippen LogP contribution in [0.15, 0.2) is 9.63 Å². The van der Waals surface area contributed by atoms with Crippen LogP contribution in [0.5, 0.6) is 0 Å². The fourth-order valence-electron chi connectivity index (χ4n) is 1.74. The molecule has 1 aromatic heterocycles. The van der Waals surface area contributed by atoms with Gasteiger partial charge in [0.15, 0.2) is 4.60 Å². The van der Waals surface area contributed by atoms with Gasteiger partial charge in [0.2, 0.25) is 5.03 Å². The third-order valence-electron chi connectivity index (χ3n) is 2.84. The maximum absolute atomic E-state index is 12.6. The molecule has 0 amide bonds. The molecular weight excluding hydrogens is 332 g/mol. The number of aryl methyl sites for hydroxylation is 1. The first kappa shape index (κ1) is 16.6. The number of hydrogen-bond donors (Lipinski definition) is 0. The molecule has 0 fully saturated rings. The minimum absolute atomic E-state index is 0.125. The molecule has 0 saturated heterocycles. The molecule has 0 aliphatic carbocycles. The summed E-state index contributed by atoms with van der Waals surface area (Å²) < 4.78 is 28.4. The number of hydrogen-bond acceptors (Lipinski definition) is 4. The van der Waals surface area contributed by atoms with Crippen LogP contribution in [0.3, 0.4) is 0 Å². The zero-order valence-corrected chi connectivity index (χ0v) is 14.0. The Bertz CT molecular complexity index is 473. The highest BCUT2D eigenvalue weighted by molar-refractivity contribution is 9.10. The summed E-state index contributed by atoms with van der Waals surface area (Å²) in [6.45, 7) is 5.17. The second-order valence-corrected chi connectivity index (χ2v) is 7.02. The van der Waals surface area contributed by atoms with Crippen molar-refractivity contribution in [3.8, 4) is 0 Å². The van der Waals surface area contributed by atoms with E-state index in [1.165, 1.54) is 8.99 Å². The Labute approximate surface area is 123 Å². The van der Waals surface area contributed by atoms with E-state index in [1.807, 2.05) is 13.8 Å². The highest BCUT2D eigenvalue weighted by atomic mass is 79.9. The molecular formula is C11H21BrN4O2S. The lowest BCUT2D eigenvalue weighted by Crippen LogP contribution is -2.34. The smallest absolute Gasteiger partial charge is 0.235 e. The van der Waals surface area contributed by atoms with Gasteiger partial charge < -0.3 is 0 Å².